The highest BCUT2D eigenvalue weighted by atomic mass is 19.1. The molecule has 23 heavy (non-hydrogen) atoms. The van der Waals surface area contributed by atoms with E-state index in [0.717, 1.165) is 5.56 Å². The van der Waals surface area contributed by atoms with Crippen molar-refractivity contribution < 1.29 is 18.7 Å². The Labute approximate surface area is 135 Å². The predicted molar refractivity (Wildman–Crippen MR) is 85.6 cm³/mol. The van der Waals surface area contributed by atoms with Crippen LogP contribution in [0.5, 0.6) is 5.75 Å². The minimum absolute atomic E-state index is 0.191. The molecule has 0 aliphatic heterocycles. The molecule has 122 valence electrons. The molecule has 0 spiro atoms. The summed E-state index contributed by atoms with van der Waals surface area (Å²) in [6.07, 6.45) is -0.541. The number of carbonyl (C=O) groups excluding carboxylic acids is 1. The molecule has 0 aliphatic rings. The highest BCUT2D eigenvalue weighted by molar-refractivity contribution is 5.80. The van der Waals surface area contributed by atoms with E-state index in [9.17, 15) is 9.18 Å². The van der Waals surface area contributed by atoms with E-state index in [0.29, 0.717) is 25.5 Å². The molecule has 1 N–H and O–H groups in total. The maximum Gasteiger partial charge on any atom is 0.248 e. The van der Waals surface area contributed by atoms with Gasteiger partial charge in [0.2, 0.25) is 5.91 Å². The van der Waals surface area contributed by atoms with E-state index in [1.54, 1.807) is 19.1 Å². The average molecular weight is 317 g/mol. The molecule has 2 aromatic carbocycles. The van der Waals surface area contributed by atoms with Crippen molar-refractivity contribution in [2.75, 3.05) is 13.2 Å². The summed E-state index contributed by atoms with van der Waals surface area (Å²) in [6.45, 7) is 2.76. The van der Waals surface area contributed by atoms with E-state index in [2.05, 4.69) is 5.32 Å². The Morgan fingerprint density at radius 2 is 1.83 bits per heavy atom. The number of benzene rings is 2. The fourth-order valence-electron chi connectivity index (χ4n) is 1.89. The normalized spacial score (nSPS) is 11.7. The largest absolute Gasteiger partial charge is 0.492 e. The predicted octanol–water partition coefficient (Wildman–Crippen LogP) is 2.93. The second-order valence-corrected chi connectivity index (χ2v) is 5.03. The van der Waals surface area contributed by atoms with Crippen LogP contribution in [0.2, 0.25) is 0 Å². The van der Waals surface area contributed by atoms with Gasteiger partial charge in [-0.3, -0.25) is 4.79 Å². The molecule has 1 amide bonds. The fraction of sp³-hybridized carbons (Fsp3) is 0.278. The van der Waals surface area contributed by atoms with Crippen LogP contribution in [0.3, 0.4) is 0 Å². The van der Waals surface area contributed by atoms with Gasteiger partial charge in [-0.2, -0.15) is 0 Å². The number of amides is 1. The summed E-state index contributed by atoms with van der Waals surface area (Å²) in [5, 5.41) is 2.74. The highest BCUT2D eigenvalue weighted by Crippen LogP contribution is 2.10. The van der Waals surface area contributed by atoms with Gasteiger partial charge in [-0.25, -0.2) is 4.39 Å². The lowest BCUT2D eigenvalue weighted by Crippen LogP contribution is -2.36. The number of halogens is 1. The van der Waals surface area contributed by atoms with Gasteiger partial charge >= 0.3 is 0 Å². The summed E-state index contributed by atoms with van der Waals surface area (Å²) in [6, 6.07) is 15.4. The molecule has 0 saturated carbocycles. The van der Waals surface area contributed by atoms with Crippen LogP contribution in [0.4, 0.5) is 4.39 Å². The van der Waals surface area contributed by atoms with E-state index < -0.39 is 6.10 Å². The van der Waals surface area contributed by atoms with Crippen LogP contribution >= 0.6 is 0 Å². The lowest BCUT2D eigenvalue weighted by Gasteiger charge is -2.14. The van der Waals surface area contributed by atoms with Gasteiger partial charge in [-0.05, 0) is 36.8 Å². The van der Waals surface area contributed by atoms with Crippen LogP contribution in [-0.4, -0.2) is 25.2 Å². The van der Waals surface area contributed by atoms with Crippen molar-refractivity contribution in [1.29, 1.82) is 0 Å². The Morgan fingerprint density at radius 1 is 1.13 bits per heavy atom. The zero-order valence-electron chi connectivity index (χ0n) is 13.0. The molecule has 5 heteroatoms. The minimum atomic E-state index is -0.541. The summed E-state index contributed by atoms with van der Waals surface area (Å²) in [4.78, 5) is 11.9. The zero-order chi connectivity index (χ0) is 16.5. The Bertz CT molecular complexity index is 601. The molecule has 0 heterocycles. The summed E-state index contributed by atoms with van der Waals surface area (Å²) < 4.78 is 23.7. The van der Waals surface area contributed by atoms with Gasteiger partial charge in [0, 0.05) is 0 Å². The van der Waals surface area contributed by atoms with Gasteiger partial charge < -0.3 is 14.8 Å². The molecule has 0 unspecified atom stereocenters. The molecule has 0 radical (unpaired) electrons. The first-order chi connectivity index (χ1) is 11.1. The molecule has 1 atom stereocenters. The van der Waals surface area contributed by atoms with Gasteiger partial charge in [-0.15, -0.1) is 0 Å². The first-order valence-corrected chi connectivity index (χ1v) is 7.47. The first-order valence-electron chi connectivity index (χ1n) is 7.47. The van der Waals surface area contributed by atoms with Crippen molar-refractivity contribution in [1.82, 2.24) is 5.32 Å². The maximum absolute atomic E-state index is 12.7. The zero-order valence-corrected chi connectivity index (χ0v) is 13.0. The fourth-order valence-corrected chi connectivity index (χ4v) is 1.89. The van der Waals surface area contributed by atoms with Gasteiger partial charge in [0.1, 0.15) is 24.3 Å². The smallest absolute Gasteiger partial charge is 0.248 e. The molecule has 0 aromatic heterocycles. The SMILES string of the molecule is C[C@@H](OCc1ccccc1)C(=O)NCCOc1ccc(F)cc1. The van der Waals surface area contributed by atoms with Crippen LogP contribution in [-0.2, 0) is 16.1 Å². The van der Waals surface area contributed by atoms with Crippen LogP contribution < -0.4 is 10.1 Å². The second kappa shape index (κ2) is 8.90. The van der Waals surface area contributed by atoms with Crippen LogP contribution in [0, 0.1) is 5.82 Å². The van der Waals surface area contributed by atoms with Crippen molar-refractivity contribution in [3.8, 4) is 5.75 Å². The summed E-state index contributed by atoms with van der Waals surface area (Å²) in [5.41, 5.74) is 1.02. The van der Waals surface area contributed by atoms with Gasteiger partial charge in [0.05, 0.1) is 13.2 Å². The van der Waals surface area contributed by atoms with Crippen molar-refractivity contribution in [2.24, 2.45) is 0 Å². The van der Waals surface area contributed by atoms with E-state index in [4.69, 9.17) is 9.47 Å². The molecule has 2 aromatic rings. The third-order valence-electron chi connectivity index (χ3n) is 3.20. The van der Waals surface area contributed by atoms with Gasteiger partial charge in [-0.1, -0.05) is 30.3 Å². The lowest BCUT2D eigenvalue weighted by molar-refractivity contribution is -0.132. The van der Waals surface area contributed by atoms with Crippen LogP contribution in [0.25, 0.3) is 0 Å². The Hall–Kier alpha value is -2.40. The molecule has 4 nitrogen and oxygen atoms in total. The van der Waals surface area contributed by atoms with E-state index in [-0.39, 0.29) is 11.7 Å². The summed E-state index contributed by atoms with van der Waals surface area (Å²) >= 11 is 0. The third-order valence-corrected chi connectivity index (χ3v) is 3.20. The average Bonchev–Trinajstić information content (AvgIpc) is 2.59. The lowest BCUT2D eigenvalue weighted by atomic mass is 10.2. The van der Waals surface area contributed by atoms with Crippen LogP contribution in [0.1, 0.15) is 12.5 Å². The van der Waals surface area contributed by atoms with Gasteiger partial charge in [0.15, 0.2) is 0 Å². The Morgan fingerprint density at radius 3 is 2.52 bits per heavy atom. The number of hydrogen-bond donors (Lipinski definition) is 1. The monoisotopic (exact) mass is 317 g/mol. The molecule has 2 rings (SSSR count). The molecule has 0 bridgehead atoms. The molecule has 0 fully saturated rings. The van der Waals surface area contributed by atoms with Crippen molar-refractivity contribution in [2.45, 2.75) is 19.6 Å². The maximum atomic E-state index is 12.7. The number of ether oxygens (including phenoxy) is 2. The molecule has 0 saturated heterocycles. The van der Waals surface area contributed by atoms with E-state index in [1.165, 1.54) is 12.1 Å². The minimum Gasteiger partial charge on any atom is -0.492 e. The number of hydrogen-bond acceptors (Lipinski definition) is 3. The topological polar surface area (TPSA) is 47.6 Å². The third kappa shape index (κ3) is 6.08. The Kier molecular flexibility index (Phi) is 6.56. The number of carbonyl (C=O) groups is 1. The first kappa shape index (κ1) is 17.0. The Balaban J connectivity index is 1.63. The van der Waals surface area contributed by atoms with Crippen molar-refractivity contribution >= 4 is 5.91 Å². The number of nitrogens with one attached hydrogen (secondary N) is 1. The van der Waals surface area contributed by atoms with Crippen LogP contribution in [0.15, 0.2) is 54.6 Å². The molecular weight excluding hydrogens is 297 g/mol. The highest BCUT2D eigenvalue weighted by Gasteiger charge is 2.12. The second-order valence-electron chi connectivity index (χ2n) is 5.03. The standard InChI is InChI=1S/C18H20FNO3/c1-14(23-13-15-5-3-2-4-6-15)18(21)20-11-12-22-17-9-7-16(19)8-10-17/h2-10,14H,11-13H2,1H3,(H,20,21)/t14-/m1/s1. The summed E-state index contributed by atoms with van der Waals surface area (Å²) in [7, 11) is 0. The van der Waals surface area contributed by atoms with Crippen molar-refractivity contribution in [3.05, 3.63) is 66.0 Å². The summed E-state index contributed by atoms with van der Waals surface area (Å²) in [5.74, 6) is 0.0627. The quantitative estimate of drug-likeness (QED) is 0.762. The molecular formula is C18H20FNO3. The van der Waals surface area contributed by atoms with E-state index >= 15 is 0 Å². The van der Waals surface area contributed by atoms with Gasteiger partial charge in [0.25, 0.3) is 0 Å². The number of rotatable bonds is 8. The van der Waals surface area contributed by atoms with E-state index in [1.807, 2.05) is 30.3 Å². The van der Waals surface area contributed by atoms with Crippen molar-refractivity contribution in [3.63, 3.8) is 0 Å². The molecule has 0 aliphatic carbocycles.